The summed E-state index contributed by atoms with van der Waals surface area (Å²) < 4.78 is 11.7. The summed E-state index contributed by atoms with van der Waals surface area (Å²) in [4.78, 5) is 36.2. The molecule has 0 N–H and O–H groups in total. The third-order valence-corrected chi connectivity index (χ3v) is 7.18. The van der Waals surface area contributed by atoms with Crippen molar-refractivity contribution in [2.45, 2.75) is 51.8 Å². The summed E-state index contributed by atoms with van der Waals surface area (Å²) in [6, 6.07) is 12.8. The third-order valence-electron chi connectivity index (χ3n) is 6.93. The van der Waals surface area contributed by atoms with E-state index in [1.165, 1.54) is 0 Å². The summed E-state index contributed by atoms with van der Waals surface area (Å²) in [5, 5.41) is 0.645. The van der Waals surface area contributed by atoms with Gasteiger partial charge in [0.25, 0.3) is 0 Å². The number of carbonyl (C=O) groups is 2. The van der Waals surface area contributed by atoms with E-state index in [1.54, 1.807) is 7.11 Å². The molecule has 2 aromatic rings. The van der Waals surface area contributed by atoms with Crippen LogP contribution in [0.15, 0.2) is 47.5 Å². The molecule has 2 aliphatic rings. The number of methoxy groups -OCH3 is 1. The van der Waals surface area contributed by atoms with Crippen molar-refractivity contribution < 1.29 is 19.1 Å². The van der Waals surface area contributed by atoms with Gasteiger partial charge < -0.3 is 19.2 Å². The minimum Gasteiger partial charge on any atom is -0.497 e. The first-order chi connectivity index (χ1) is 18.4. The van der Waals surface area contributed by atoms with Gasteiger partial charge in [0.15, 0.2) is 0 Å². The van der Waals surface area contributed by atoms with E-state index in [0.717, 1.165) is 30.3 Å². The molecule has 2 heterocycles. The highest BCUT2D eigenvalue weighted by molar-refractivity contribution is 6.30. The summed E-state index contributed by atoms with van der Waals surface area (Å²) in [6.07, 6.45) is 2.59. The summed E-state index contributed by atoms with van der Waals surface area (Å²) in [7, 11) is 1.62. The molecule has 38 heavy (non-hydrogen) atoms. The SMILES string of the molecule is CCCC1N=C(c2ccc(OC)cc2OC(C)C)N(C(=O)N2CCN(CC=O)CC2)C1c1ccc(Cl)cc1. The molecule has 0 spiro atoms. The van der Waals surface area contributed by atoms with Crippen LogP contribution >= 0.6 is 11.6 Å². The Hall–Kier alpha value is -3.10. The van der Waals surface area contributed by atoms with Crippen LogP contribution in [0.5, 0.6) is 11.5 Å². The summed E-state index contributed by atoms with van der Waals surface area (Å²) in [6.45, 7) is 8.84. The molecule has 2 aliphatic heterocycles. The number of nitrogens with zero attached hydrogens (tertiary/aromatic N) is 4. The number of aldehydes is 1. The predicted molar refractivity (Wildman–Crippen MR) is 149 cm³/mol. The lowest BCUT2D eigenvalue weighted by Crippen LogP contribution is -2.54. The molecular weight excluding hydrogens is 504 g/mol. The van der Waals surface area contributed by atoms with E-state index >= 15 is 0 Å². The molecule has 204 valence electrons. The first-order valence-electron chi connectivity index (χ1n) is 13.3. The van der Waals surface area contributed by atoms with E-state index in [2.05, 4.69) is 11.8 Å². The Morgan fingerprint density at radius 3 is 2.45 bits per heavy atom. The van der Waals surface area contributed by atoms with Crippen LogP contribution in [-0.4, -0.2) is 84.8 Å². The molecule has 2 unspecified atom stereocenters. The van der Waals surface area contributed by atoms with Crippen molar-refractivity contribution in [2.24, 2.45) is 4.99 Å². The molecule has 9 heteroatoms. The van der Waals surface area contributed by atoms with Gasteiger partial charge in [-0.15, -0.1) is 0 Å². The summed E-state index contributed by atoms with van der Waals surface area (Å²) in [5.74, 6) is 1.90. The highest BCUT2D eigenvalue weighted by atomic mass is 35.5. The van der Waals surface area contributed by atoms with Gasteiger partial charge in [-0.1, -0.05) is 37.1 Å². The Morgan fingerprint density at radius 1 is 1.13 bits per heavy atom. The van der Waals surface area contributed by atoms with Gasteiger partial charge in [0.2, 0.25) is 0 Å². The molecular formula is C29H37ClN4O4. The fourth-order valence-electron chi connectivity index (χ4n) is 5.10. The number of amides is 2. The molecule has 0 saturated carbocycles. The standard InChI is InChI=1S/C29H37ClN4O4/c1-5-6-25-27(21-7-9-22(30)10-8-21)34(29(36)33-15-13-32(14-16-33)17-18-35)28(31-25)24-12-11-23(37-4)19-26(24)38-20(2)3/h7-12,18-20,25,27H,5-6,13-17H2,1-4H3. The van der Waals surface area contributed by atoms with Crippen molar-refractivity contribution in [3.05, 3.63) is 58.6 Å². The zero-order valence-electron chi connectivity index (χ0n) is 22.6. The van der Waals surface area contributed by atoms with Crippen LogP contribution in [-0.2, 0) is 4.79 Å². The van der Waals surface area contributed by atoms with Crippen molar-refractivity contribution in [1.82, 2.24) is 14.7 Å². The Balaban J connectivity index is 1.79. The monoisotopic (exact) mass is 540 g/mol. The lowest BCUT2D eigenvalue weighted by atomic mass is 9.96. The fraction of sp³-hybridized carbons (Fsp3) is 0.483. The number of rotatable bonds is 9. The summed E-state index contributed by atoms with van der Waals surface area (Å²) in [5.41, 5.74) is 1.74. The maximum atomic E-state index is 14.3. The molecule has 8 nitrogen and oxygen atoms in total. The molecule has 0 bridgehead atoms. The smallest absolute Gasteiger partial charge is 0.326 e. The molecule has 0 aliphatic carbocycles. The zero-order chi connectivity index (χ0) is 27.2. The van der Waals surface area contributed by atoms with Gasteiger partial charge >= 0.3 is 6.03 Å². The summed E-state index contributed by atoms with van der Waals surface area (Å²) >= 11 is 6.22. The quantitative estimate of drug-likeness (QED) is 0.416. The number of hydrogen-bond donors (Lipinski definition) is 0. The third kappa shape index (κ3) is 6.13. The number of urea groups is 1. The van der Waals surface area contributed by atoms with Gasteiger partial charge in [-0.2, -0.15) is 0 Å². The average Bonchev–Trinajstić information content (AvgIpc) is 3.28. The Bertz CT molecular complexity index is 1150. The van der Waals surface area contributed by atoms with Crippen molar-refractivity contribution in [2.75, 3.05) is 39.8 Å². The fourth-order valence-corrected chi connectivity index (χ4v) is 5.22. The van der Waals surface area contributed by atoms with Gasteiger partial charge in [0.1, 0.15) is 23.6 Å². The second-order valence-electron chi connectivity index (χ2n) is 9.94. The van der Waals surface area contributed by atoms with Gasteiger partial charge in [-0.05, 0) is 50.1 Å². The van der Waals surface area contributed by atoms with Gasteiger partial charge in [0.05, 0.1) is 37.4 Å². The minimum atomic E-state index is -0.281. The van der Waals surface area contributed by atoms with E-state index in [0.29, 0.717) is 55.1 Å². The average molecular weight is 541 g/mol. The Labute approximate surface area is 230 Å². The van der Waals surface area contributed by atoms with Crippen molar-refractivity contribution in [3.63, 3.8) is 0 Å². The molecule has 0 radical (unpaired) electrons. The van der Waals surface area contributed by atoms with Crippen molar-refractivity contribution >= 4 is 29.8 Å². The maximum absolute atomic E-state index is 14.3. The van der Waals surface area contributed by atoms with Gasteiger partial charge in [-0.3, -0.25) is 14.8 Å². The van der Waals surface area contributed by atoms with Gasteiger partial charge in [0, 0.05) is 37.3 Å². The van der Waals surface area contributed by atoms with E-state index in [9.17, 15) is 9.59 Å². The van der Waals surface area contributed by atoms with Crippen LogP contribution < -0.4 is 9.47 Å². The number of ether oxygens (including phenoxy) is 2. The molecule has 2 amide bonds. The van der Waals surface area contributed by atoms with Crippen LogP contribution in [0.25, 0.3) is 0 Å². The second-order valence-corrected chi connectivity index (χ2v) is 10.4. The largest absolute Gasteiger partial charge is 0.497 e. The van der Waals surface area contributed by atoms with Crippen LogP contribution in [0.2, 0.25) is 5.02 Å². The van der Waals surface area contributed by atoms with E-state index < -0.39 is 0 Å². The van der Waals surface area contributed by atoms with Crippen LogP contribution in [0, 0.1) is 0 Å². The first kappa shape index (κ1) is 27.9. The number of halogens is 1. The van der Waals surface area contributed by atoms with Crippen molar-refractivity contribution in [3.8, 4) is 11.5 Å². The Morgan fingerprint density at radius 2 is 1.84 bits per heavy atom. The number of benzene rings is 2. The highest BCUT2D eigenvalue weighted by Crippen LogP contribution is 2.40. The minimum absolute atomic E-state index is 0.0728. The van der Waals surface area contributed by atoms with Crippen LogP contribution in [0.1, 0.15) is 50.8 Å². The lowest BCUT2D eigenvalue weighted by Gasteiger charge is -2.38. The topological polar surface area (TPSA) is 74.7 Å². The zero-order valence-corrected chi connectivity index (χ0v) is 23.4. The number of carbonyl (C=O) groups excluding carboxylic acids is 2. The highest BCUT2D eigenvalue weighted by Gasteiger charge is 2.44. The Kier molecular flexibility index (Phi) is 9.28. The van der Waals surface area contributed by atoms with E-state index in [1.807, 2.05) is 66.1 Å². The number of aliphatic imine (C=N–C) groups is 1. The van der Waals surface area contributed by atoms with E-state index in [4.69, 9.17) is 26.1 Å². The maximum Gasteiger partial charge on any atom is 0.326 e. The first-order valence-corrected chi connectivity index (χ1v) is 13.7. The number of amidine groups is 1. The van der Waals surface area contributed by atoms with Crippen LogP contribution in [0.4, 0.5) is 4.79 Å². The number of hydrogen-bond acceptors (Lipinski definition) is 6. The molecule has 2 atom stereocenters. The van der Waals surface area contributed by atoms with Crippen molar-refractivity contribution in [1.29, 1.82) is 0 Å². The van der Waals surface area contributed by atoms with Crippen LogP contribution in [0.3, 0.4) is 0 Å². The second kappa shape index (κ2) is 12.6. The normalized spacial score (nSPS) is 20.0. The van der Waals surface area contributed by atoms with Gasteiger partial charge in [-0.25, -0.2) is 4.79 Å². The van der Waals surface area contributed by atoms with E-state index in [-0.39, 0.29) is 24.2 Å². The molecule has 1 fully saturated rings. The predicted octanol–water partition coefficient (Wildman–Crippen LogP) is 5.04. The molecule has 1 saturated heterocycles. The molecule has 4 rings (SSSR count). The number of piperazine rings is 1. The lowest BCUT2D eigenvalue weighted by molar-refractivity contribution is -0.109. The molecule has 0 aromatic heterocycles. The molecule has 2 aromatic carbocycles.